The molecule has 1 amide bonds. The predicted molar refractivity (Wildman–Crippen MR) is 64.1 cm³/mol. The van der Waals surface area contributed by atoms with E-state index in [0.29, 0.717) is 0 Å². The first kappa shape index (κ1) is 15.5. The summed E-state index contributed by atoms with van der Waals surface area (Å²) in [4.78, 5) is 13.6. The van der Waals surface area contributed by atoms with Gasteiger partial charge in [-0.15, -0.1) is 0 Å². The van der Waals surface area contributed by atoms with Gasteiger partial charge in [0.05, 0.1) is 0 Å². The van der Waals surface area contributed by atoms with Gasteiger partial charge >= 0.3 is 6.18 Å². The third-order valence-electron chi connectivity index (χ3n) is 4.22. The molecular formula is C12H19F3N2O3. The molecule has 2 saturated heterocycles. The Morgan fingerprint density at radius 1 is 1.25 bits per heavy atom. The van der Waals surface area contributed by atoms with Gasteiger partial charge in [0.15, 0.2) is 5.41 Å². The molecule has 8 heteroatoms. The van der Waals surface area contributed by atoms with Gasteiger partial charge in [-0.1, -0.05) is 0 Å². The van der Waals surface area contributed by atoms with Crippen molar-refractivity contribution in [1.82, 2.24) is 10.2 Å². The third-order valence-corrected chi connectivity index (χ3v) is 4.22. The molecule has 2 fully saturated rings. The number of ether oxygens (including phenoxy) is 2. The molecule has 116 valence electrons. The molecule has 20 heavy (non-hydrogen) atoms. The van der Waals surface area contributed by atoms with Crippen LogP contribution in [0.4, 0.5) is 13.2 Å². The van der Waals surface area contributed by atoms with Crippen molar-refractivity contribution in [3.63, 3.8) is 0 Å². The molecule has 2 rings (SSSR count). The van der Waals surface area contributed by atoms with Gasteiger partial charge in [-0.05, 0) is 13.0 Å². The van der Waals surface area contributed by atoms with E-state index >= 15 is 0 Å². The lowest BCUT2D eigenvalue weighted by molar-refractivity contribution is -0.221. The zero-order chi connectivity index (χ0) is 15.0. The number of amides is 1. The summed E-state index contributed by atoms with van der Waals surface area (Å²) >= 11 is 0. The maximum Gasteiger partial charge on any atom is 0.404 e. The minimum absolute atomic E-state index is 0.131. The molecule has 3 atom stereocenters. The van der Waals surface area contributed by atoms with Gasteiger partial charge in [0.1, 0.15) is 12.2 Å². The molecule has 2 aliphatic rings. The Labute approximate surface area is 115 Å². The Morgan fingerprint density at radius 2 is 1.80 bits per heavy atom. The van der Waals surface area contributed by atoms with Crippen LogP contribution in [-0.4, -0.2) is 69.6 Å². The first-order chi connectivity index (χ1) is 9.35. The summed E-state index contributed by atoms with van der Waals surface area (Å²) in [5.41, 5.74) is -2.31. The van der Waals surface area contributed by atoms with Crippen LogP contribution in [0.25, 0.3) is 0 Å². The van der Waals surface area contributed by atoms with Crippen molar-refractivity contribution in [3.05, 3.63) is 0 Å². The van der Waals surface area contributed by atoms with Crippen molar-refractivity contribution in [3.8, 4) is 0 Å². The number of halogens is 3. The zero-order valence-corrected chi connectivity index (χ0v) is 11.5. The van der Waals surface area contributed by atoms with Crippen molar-refractivity contribution in [2.75, 3.05) is 40.4 Å². The van der Waals surface area contributed by atoms with Crippen LogP contribution in [0, 0.1) is 5.41 Å². The number of rotatable bonds is 3. The van der Waals surface area contributed by atoms with Crippen molar-refractivity contribution in [1.29, 1.82) is 0 Å². The summed E-state index contributed by atoms with van der Waals surface area (Å²) in [5.74, 6) is -0.878. The number of carbonyl (C=O) groups is 1. The number of methoxy groups -OCH3 is 2. The maximum absolute atomic E-state index is 13.3. The number of nitrogens with one attached hydrogen (secondary N) is 1. The lowest BCUT2D eigenvalue weighted by atomic mass is 9.84. The summed E-state index contributed by atoms with van der Waals surface area (Å²) in [5, 5.41) is 2.64. The first-order valence-electron chi connectivity index (χ1n) is 6.48. The fourth-order valence-corrected chi connectivity index (χ4v) is 2.90. The minimum Gasteiger partial charge on any atom is -0.377 e. The number of carbonyl (C=O) groups excluding carboxylic acids is 1. The Bertz CT molecular complexity index is 357. The van der Waals surface area contributed by atoms with Gasteiger partial charge in [-0.3, -0.25) is 4.79 Å². The highest BCUT2D eigenvalue weighted by Crippen LogP contribution is 2.45. The van der Waals surface area contributed by atoms with Crippen LogP contribution >= 0.6 is 0 Å². The van der Waals surface area contributed by atoms with Crippen molar-refractivity contribution in [2.45, 2.75) is 24.8 Å². The standard InChI is InChI=1S/C12H19F3N2O3/c1-19-8-5-17(6-9(8)20-2)10(18)11(12(13,14)15)3-4-16-7-11/h8-9,16H,3-7H2,1-2H3. The molecule has 3 unspecified atom stereocenters. The van der Waals surface area contributed by atoms with Gasteiger partial charge in [-0.25, -0.2) is 0 Å². The molecule has 2 aliphatic heterocycles. The number of hydrogen-bond donors (Lipinski definition) is 1. The van der Waals surface area contributed by atoms with E-state index in [1.807, 2.05) is 0 Å². The highest BCUT2D eigenvalue weighted by Gasteiger charge is 2.63. The smallest absolute Gasteiger partial charge is 0.377 e. The number of alkyl halides is 3. The lowest BCUT2D eigenvalue weighted by Crippen LogP contribution is -2.53. The van der Waals surface area contributed by atoms with E-state index < -0.39 is 17.5 Å². The fraction of sp³-hybridized carbons (Fsp3) is 0.917. The van der Waals surface area contributed by atoms with E-state index in [0.717, 1.165) is 0 Å². The van der Waals surface area contributed by atoms with E-state index in [9.17, 15) is 18.0 Å². The van der Waals surface area contributed by atoms with Gasteiger partial charge in [0.25, 0.3) is 0 Å². The molecule has 0 aromatic carbocycles. The Kier molecular flexibility index (Phi) is 4.27. The second-order valence-electron chi connectivity index (χ2n) is 5.27. The van der Waals surface area contributed by atoms with Gasteiger partial charge < -0.3 is 19.7 Å². The minimum atomic E-state index is -4.55. The largest absolute Gasteiger partial charge is 0.404 e. The van der Waals surface area contributed by atoms with E-state index in [2.05, 4.69) is 5.32 Å². The molecule has 2 heterocycles. The van der Waals surface area contributed by atoms with E-state index in [1.54, 1.807) is 0 Å². The van der Waals surface area contributed by atoms with Gasteiger partial charge in [0.2, 0.25) is 5.91 Å². The summed E-state index contributed by atoms with van der Waals surface area (Å²) in [7, 11) is 2.92. The van der Waals surface area contributed by atoms with Crippen LogP contribution < -0.4 is 5.32 Å². The van der Waals surface area contributed by atoms with E-state index in [-0.39, 0.29) is 44.8 Å². The fourth-order valence-electron chi connectivity index (χ4n) is 2.90. The molecule has 5 nitrogen and oxygen atoms in total. The Morgan fingerprint density at radius 3 is 2.15 bits per heavy atom. The van der Waals surface area contributed by atoms with Crippen LogP contribution in [0.2, 0.25) is 0 Å². The average molecular weight is 296 g/mol. The molecule has 0 radical (unpaired) electrons. The average Bonchev–Trinajstić information content (AvgIpc) is 3.04. The quantitative estimate of drug-likeness (QED) is 0.819. The molecule has 0 aromatic heterocycles. The van der Waals surface area contributed by atoms with E-state index in [1.165, 1.54) is 19.1 Å². The van der Waals surface area contributed by atoms with Gasteiger partial charge in [-0.2, -0.15) is 13.2 Å². The molecule has 0 spiro atoms. The monoisotopic (exact) mass is 296 g/mol. The number of likely N-dealkylation sites (tertiary alicyclic amines) is 1. The van der Waals surface area contributed by atoms with Crippen LogP contribution in [0.5, 0.6) is 0 Å². The molecule has 0 saturated carbocycles. The van der Waals surface area contributed by atoms with Crippen molar-refractivity contribution < 1.29 is 27.4 Å². The third kappa shape index (κ3) is 2.40. The second-order valence-corrected chi connectivity index (χ2v) is 5.27. The van der Waals surface area contributed by atoms with Crippen molar-refractivity contribution in [2.24, 2.45) is 5.41 Å². The summed E-state index contributed by atoms with van der Waals surface area (Å²) in [6.07, 6.45) is -5.55. The zero-order valence-electron chi connectivity index (χ0n) is 11.5. The summed E-state index contributed by atoms with van der Waals surface area (Å²) in [6.45, 7) is 0.0962. The van der Waals surface area contributed by atoms with Gasteiger partial charge in [0, 0.05) is 33.9 Å². The lowest BCUT2D eigenvalue weighted by Gasteiger charge is -2.33. The first-order valence-corrected chi connectivity index (χ1v) is 6.48. The predicted octanol–water partition coefficient (Wildman–Crippen LogP) is 0.401. The molecule has 0 aromatic rings. The van der Waals surface area contributed by atoms with Crippen LogP contribution in [0.15, 0.2) is 0 Å². The van der Waals surface area contributed by atoms with Crippen molar-refractivity contribution >= 4 is 5.91 Å². The second kappa shape index (κ2) is 5.50. The number of nitrogens with zero attached hydrogens (tertiary/aromatic N) is 1. The molecule has 0 bridgehead atoms. The summed E-state index contributed by atoms with van der Waals surface area (Å²) in [6, 6.07) is 0. The summed E-state index contributed by atoms with van der Waals surface area (Å²) < 4.78 is 50.3. The topological polar surface area (TPSA) is 50.8 Å². The number of hydrogen-bond acceptors (Lipinski definition) is 4. The van der Waals surface area contributed by atoms with Crippen LogP contribution in [0.3, 0.4) is 0 Å². The van der Waals surface area contributed by atoms with E-state index in [4.69, 9.17) is 9.47 Å². The van der Waals surface area contributed by atoms with Crippen LogP contribution in [-0.2, 0) is 14.3 Å². The highest BCUT2D eigenvalue weighted by molar-refractivity contribution is 5.84. The highest BCUT2D eigenvalue weighted by atomic mass is 19.4. The molecular weight excluding hydrogens is 277 g/mol. The maximum atomic E-state index is 13.3. The Hall–Kier alpha value is -0.860. The Balaban J connectivity index is 2.18. The molecule has 0 aliphatic carbocycles. The van der Waals surface area contributed by atoms with Crippen LogP contribution in [0.1, 0.15) is 6.42 Å². The molecule has 1 N–H and O–H groups in total. The normalized spacial score (nSPS) is 34.8. The SMILES string of the molecule is COC1CN(C(=O)C2(C(F)(F)F)CCNC2)CC1OC.